The molecule has 2 aromatic carbocycles. The lowest BCUT2D eigenvalue weighted by Gasteiger charge is -2.15. The summed E-state index contributed by atoms with van der Waals surface area (Å²) in [5.41, 5.74) is 10.1. The fraction of sp³-hybridized carbons (Fsp3) is 0.294. The molecule has 2 aromatic rings. The molecule has 0 aliphatic heterocycles. The Labute approximate surface area is 129 Å². The van der Waals surface area contributed by atoms with Gasteiger partial charge in [-0.05, 0) is 54.7 Å². The topological polar surface area (TPSA) is 35.2 Å². The largest absolute Gasteiger partial charge is 0.497 e. The van der Waals surface area contributed by atoms with Crippen LogP contribution in [-0.4, -0.2) is 7.11 Å². The van der Waals surface area contributed by atoms with Crippen molar-refractivity contribution in [1.82, 2.24) is 0 Å². The highest BCUT2D eigenvalue weighted by Gasteiger charge is 2.10. The monoisotopic (exact) mass is 333 g/mol. The second kappa shape index (κ2) is 6.91. The zero-order valence-electron chi connectivity index (χ0n) is 11.9. The summed E-state index contributed by atoms with van der Waals surface area (Å²) in [7, 11) is 1.68. The Kier molecular flexibility index (Phi) is 5.21. The molecular formula is C17H20BrNO. The minimum atomic E-state index is 0.0644. The average Bonchev–Trinajstić information content (AvgIpc) is 2.48. The van der Waals surface area contributed by atoms with Crippen molar-refractivity contribution in [2.45, 2.75) is 25.8 Å². The first kappa shape index (κ1) is 15.1. The molecule has 0 amide bonds. The number of halogens is 1. The highest BCUT2D eigenvalue weighted by Crippen LogP contribution is 2.26. The Morgan fingerprint density at radius 1 is 1.15 bits per heavy atom. The maximum absolute atomic E-state index is 6.32. The van der Waals surface area contributed by atoms with E-state index in [-0.39, 0.29) is 6.04 Å². The van der Waals surface area contributed by atoms with Gasteiger partial charge < -0.3 is 10.5 Å². The van der Waals surface area contributed by atoms with Crippen LogP contribution in [-0.2, 0) is 6.42 Å². The van der Waals surface area contributed by atoms with Crippen LogP contribution in [0.2, 0.25) is 0 Å². The number of benzene rings is 2. The first-order valence-corrected chi connectivity index (χ1v) is 7.54. The molecular weight excluding hydrogens is 314 g/mol. The van der Waals surface area contributed by atoms with E-state index in [1.54, 1.807) is 7.11 Å². The van der Waals surface area contributed by atoms with Gasteiger partial charge in [0.2, 0.25) is 0 Å². The Morgan fingerprint density at radius 3 is 2.50 bits per heavy atom. The molecule has 0 saturated heterocycles. The number of aryl methyl sites for hydroxylation is 1. The van der Waals surface area contributed by atoms with Crippen molar-refractivity contribution >= 4 is 15.9 Å². The molecule has 0 spiro atoms. The van der Waals surface area contributed by atoms with Gasteiger partial charge in [-0.2, -0.15) is 0 Å². The summed E-state index contributed by atoms with van der Waals surface area (Å²) in [5.74, 6) is 0.890. The Hall–Kier alpha value is -1.32. The van der Waals surface area contributed by atoms with Crippen molar-refractivity contribution in [3.63, 3.8) is 0 Å². The standard InChI is InChI=1S/C17H20BrNO/c1-12-15(4-3-5-16(12)18)17(19)11-8-13-6-9-14(20-2)10-7-13/h3-7,9-10,17H,8,11,19H2,1-2H3. The molecule has 3 heteroatoms. The summed E-state index contributed by atoms with van der Waals surface area (Å²) in [5, 5.41) is 0. The van der Waals surface area contributed by atoms with E-state index < -0.39 is 0 Å². The number of nitrogens with two attached hydrogens (primary N) is 1. The lowest BCUT2D eigenvalue weighted by molar-refractivity contribution is 0.414. The molecule has 106 valence electrons. The van der Waals surface area contributed by atoms with Crippen molar-refractivity contribution in [3.05, 3.63) is 63.6 Å². The van der Waals surface area contributed by atoms with Crippen LogP contribution in [0.5, 0.6) is 5.75 Å². The van der Waals surface area contributed by atoms with Crippen LogP contribution in [0.4, 0.5) is 0 Å². The normalized spacial score (nSPS) is 12.2. The first-order valence-electron chi connectivity index (χ1n) is 6.75. The van der Waals surface area contributed by atoms with Gasteiger partial charge >= 0.3 is 0 Å². The maximum Gasteiger partial charge on any atom is 0.118 e. The van der Waals surface area contributed by atoms with E-state index in [0.29, 0.717) is 0 Å². The van der Waals surface area contributed by atoms with Crippen LogP contribution < -0.4 is 10.5 Å². The zero-order chi connectivity index (χ0) is 14.5. The van der Waals surface area contributed by atoms with Gasteiger partial charge in [0.1, 0.15) is 5.75 Å². The second-order valence-corrected chi connectivity index (χ2v) is 5.80. The zero-order valence-corrected chi connectivity index (χ0v) is 13.5. The second-order valence-electron chi connectivity index (χ2n) is 4.95. The molecule has 0 radical (unpaired) electrons. The minimum Gasteiger partial charge on any atom is -0.497 e. The van der Waals surface area contributed by atoms with Gasteiger partial charge in [0.05, 0.1) is 7.11 Å². The molecule has 0 heterocycles. The Balaban J connectivity index is 2.00. The van der Waals surface area contributed by atoms with Gasteiger partial charge in [-0.25, -0.2) is 0 Å². The quantitative estimate of drug-likeness (QED) is 0.880. The molecule has 0 saturated carbocycles. The van der Waals surface area contributed by atoms with Gasteiger partial charge in [-0.1, -0.05) is 40.2 Å². The molecule has 2 N–H and O–H groups in total. The summed E-state index contributed by atoms with van der Waals surface area (Å²) in [6, 6.07) is 14.4. The molecule has 1 atom stereocenters. The predicted molar refractivity (Wildman–Crippen MR) is 87.1 cm³/mol. The molecule has 20 heavy (non-hydrogen) atoms. The highest BCUT2D eigenvalue weighted by atomic mass is 79.9. The smallest absolute Gasteiger partial charge is 0.118 e. The number of hydrogen-bond donors (Lipinski definition) is 1. The molecule has 0 aliphatic rings. The Bertz CT molecular complexity index is 566. The SMILES string of the molecule is COc1ccc(CCC(N)c2cccc(Br)c2C)cc1. The molecule has 2 rings (SSSR count). The molecule has 0 bridgehead atoms. The van der Waals surface area contributed by atoms with E-state index in [1.165, 1.54) is 16.7 Å². The Morgan fingerprint density at radius 2 is 1.85 bits per heavy atom. The molecule has 1 unspecified atom stereocenters. The van der Waals surface area contributed by atoms with E-state index in [9.17, 15) is 0 Å². The average molecular weight is 334 g/mol. The predicted octanol–water partition coefficient (Wildman–Crippen LogP) is 4.40. The van der Waals surface area contributed by atoms with E-state index in [4.69, 9.17) is 10.5 Å². The van der Waals surface area contributed by atoms with Crippen LogP contribution in [0.1, 0.15) is 29.2 Å². The van der Waals surface area contributed by atoms with Gasteiger partial charge in [0, 0.05) is 10.5 Å². The van der Waals surface area contributed by atoms with Crippen LogP contribution in [0.15, 0.2) is 46.9 Å². The molecule has 0 aromatic heterocycles. The van der Waals surface area contributed by atoms with Crippen molar-refractivity contribution < 1.29 is 4.74 Å². The van der Waals surface area contributed by atoms with E-state index in [2.05, 4.69) is 47.1 Å². The number of methoxy groups -OCH3 is 1. The number of rotatable bonds is 5. The third-order valence-electron chi connectivity index (χ3n) is 3.61. The van der Waals surface area contributed by atoms with Crippen LogP contribution >= 0.6 is 15.9 Å². The van der Waals surface area contributed by atoms with Crippen molar-refractivity contribution in [2.24, 2.45) is 5.73 Å². The van der Waals surface area contributed by atoms with Gasteiger partial charge in [0.15, 0.2) is 0 Å². The number of ether oxygens (including phenoxy) is 1. The lowest BCUT2D eigenvalue weighted by Crippen LogP contribution is -2.13. The van der Waals surface area contributed by atoms with E-state index in [0.717, 1.165) is 23.1 Å². The summed E-state index contributed by atoms with van der Waals surface area (Å²) in [6.45, 7) is 2.10. The molecule has 2 nitrogen and oxygen atoms in total. The highest BCUT2D eigenvalue weighted by molar-refractivity contribution is 9.10. The van der Waals surface area contributed by atoms with E-state index in [1.807, 2.05) is 18.2 Å². The molecule has 0 aliphatic carbocycles. The van der Waals surface area contributed by atoms with Gasteiger partial charge in [-0.3, -0.25) is 0 Å². The summed E-state index contributed by atoms with van der Waals surface area (Å²) < 4.78 is 6.28. The summed E-state index contributed by atoms with van der Waals surface area (Å²) in [6.07, 6.45) is 1.90. The molecule has 0 fully saturated rings. The van der Waals surface area contributed by atoms with Crippen molar-refractivity contribution in [1.29, 1.82) is 0 Å². The summed E-state index contributed by atoms with van der Waals surface area (Å²) in [4.78, 5) is 0. The first-order chi connectivity index (χ1) is 9.61. The number of hydrogen-bond acceptors (Lipinski definition) is 2. The third-order valence-corrected chi connectivity index (χ3v) is 4.47. The third kappa shape index (κ3) is 3.62. The van der Waals surface area contributed by atoms with Crippen LogP contribution in [0, 0.1) is 6.92 Å². The van der Waals surface area contributed by atoms with Gasteiger partial charge in [-0.15, -0.1) is 0 Å². The minimum absolute atomic E-state index is 0.0644. The lowest BCUT2D eigenvalue weighted by atomic mass is 9.96. The fourth-order valence-electron chi connectivity index (χ4n) is 2.30. The van der Waals surface area contributed by atoms with Crippen LogP contribution in [0.3, 0.4) is 0 Å². The van der Waals surface area contributed by atoms with Crippen LogP contribution in [0.25, 0.3) is 0 Å². The van der Waals surface area contributed by atoms with Crippen molar-refractivity contribution in [3.8, 4) is 5.75 Å². The van der Waals surface area contributed by atoms with Crippen molar-refractivity contribution in [2.75, 3.05) is 7.11 Å². The van der Waals surface area contributed by atoms with Gasteiger partial charge in [0.25, 0.3) is 0 Å². The van der Waals surface area contributed by atoms with E-state index >= 15 is 0 Å². The maximum atomic E-state index is 6.32. The fourth-order valence-corrected chi connectivity index (χ4v) is 2.68. The summed E-state index contributed by atoms with van der Waals surface area (Å²) >= 11 is 3.56.